The number of carbonyl (C=O) groups is 1. The highest BCUT2D eigenvalue weighted by atomic mass is 16.5. The first-order valence-electron chi connectivity index (χ1n) is 9.23. The van der Waals surface area contributed by atoms with Gasteiger partial charge < -0.3 is 10.1 Å². The molecule has 0 unspecified atom stereocenters. The number of carbonyl (C=O) groups excluding carboxylic acids is 1. The van der Waals surface area contributed by atoms with Gasteiger partial charge in [0.15, 0.2) is 0 Å². The Morgan fingerprint density at radius 2 is 2.04 bits per heavy atom. The molecule has 3 aromatic rings. The van der Waals surface area contributed by atoms with Gasteiger partial charge in [0.25, 0.3) is 5.91 Å². The molecule has 1 heterocycles. The van der Waals surface area contributed by atoms with E-state index in [0.717, 1.165) is 36.3 Å². The van der Waals surface area contributed by atoms with Crippen molar-refractivity contribution in [1.29, 1.82) is 0 Å². The zero-order chi connectivity index (χ0) is 18.8. The van der Waals surface area contributed by atoms with Crippen LogP contribution in [0.15, 0.2) is 54.6 Å². The fourth-order valence-corrected chi connectivity index (χ4v) is 3.74. The zero-order valence-corrected chi connectivity index (χ0v) is 15.6. The number of hydrogen-bond donors (Lipinski definition) is 1. The van der Waals surface area contributed by atoms with E-state index < -0.39 is 0 Å². The average Bonchev–Trinajstić information content (AvgIpc) is 3.10. The third kappa shape index (κ3) is 3.45. The highest BCUT2D eigenvalue weighted by Gasteiger charge is 2.23. The summed E-state index contributed by atoms with van der Waals surface area (Å²) < 4.78 is 6.92. The second-order valence-electron chi connectivity index (χ2n) is 6.89. The summed E-state index contributed by atoms with van der Waals surface area (Å²) in [6.45, 7) is 0. The Balaban J connectivity index is 1.57. The molecule has 2 aromatic carbocycles. The number of rotatable bonds is 4. The van der Waals surface area contributed by atoms with Crippen molar-refractivity contribution in [2.45, 2.75) is 25.3 Å². The number of aryl methyl sites for hydroxylation is 2. The van der Waals surface area contributed by atoms with Crippen molar-refractivity contribution in [2.75, 3.05) is 7.11 Å². The van der Waals surface area contributed by atoms with E-state index in [9.17, 15) is 4.79 Å². The Kier molecular flexibility index (Phi) is 4.67. The molecule has 1 atom stereocenters. The molecule has 1 aromatic heterocycles. The highest BCUT2D eigenvalue weighted by Crippen LogP contribution is 2.30. The van der Waals surface area contributed by atoms with E-state index in [-0.39, 0.29) is 11.9 Å². The van der Waals surface area contributed by atoms with Gasteiger partial charge in [0.05, 0.1) is 18.8 Å². The van der Waals surface area contributed by atoms with Gasteiger partial charge in [-0.05, 0) is 48.6 Å². The topological polar surface area (TPSA) is 56.1 Å². The lowest BCUT2D eigenvalue weighted by Gasteiger charge is -2.26. The number of nitrogens with one attached hydrogen (secondary N) is 1. The molecular weight excluding hydrogens is 338 g/mol. The minimum Gasteiger partial charge on any atom is -0.497 e. The number of nitrogens with zero attached hydrogens (tertiary/aromatic N) is 2. The average molecular weight is 361 g/mol. The van der Waals surface area contributed by atoms with E-state index >= 15 is 0 Å². The summed E-state index contributed by atoms with van der Waals surface area (Å²) in [5.74, 6) is 0.670. The van der Waals surface area contributed by atoms with Gasteiger partial charge in [-0.25, -0.2) is 0 Å². The van der Waals surface area contributed by atoms with E-state index in [1.54, 1.807) is 18.8 Å². The fourth-order valence-electron chi connectivity index (χ4n) is 3.74. The van der Waals surface area contributed by atoms with Crippen LogP contribution >= 0.6 is 0 Å². The maximum Gasteiger partial charge on any atom is 0.270 e. The van der Waals surface area contributed by atoms with Crippen molar-refractivity contribution in [3.63, 3.8) is 0 Å². The summed E-state index contributed by atoms with van der Waals surface area (Å²) >= 11 is 0. The van der Waals surface area contributed by atoms with Crippen LogP contribution in [-0.4, -0.2) is 22.8 Å². The van der Waals surface area contributed by atoms with Crippen LogP contribution in [0.1, 0.15) is 40.5 Å². The summed E-state index contributed by atoms with van der Waals surface area (Å²) in [4.78, 5) is 12.9. The molecule has 5 nitrogen and oxygen atoms in total. The van der Waals surface area contributed by atoms with Crippen molar-refractivity contribution < 1.29 is 9.53 Å². The molecule has 1 amide bonds. The van der Waals surface area contributed by atoms with Crippen LogP contribution in [-0.2, 0) is 13.5 Å². The maximum atomic E-state index is 12.9. The molecule has 0 spiro atoms. The maximum absolute atomic E-state index is 12.9. The first-order valence-corrected chi connectivity index (χ1v) is 9.23. The molecule has 0 fully saturated rings. The number of amides is 1. The van der Waals surface area contributed by atoms with Crippen LogP contribution < -0.4 is 10.1 Å². The van der Waals surface area contributed by atoms with Gasteiger partial charge in [0, 0.05) is 12.6 Å². The van der Waals surface area contributed by atoms with Crippen molar-refractivity contribution in [2.24, 2.45) is 7.05 Å². The standard InChI is InChI=1S/C22H23N3O2/c1-25-21(14-20(24-25)16-9-5-10-17(13-16)27-2)22(26)23-19-12-6-8-15-7-3-4-11-18(15)19/h3-5,7,9-11,13-14,19H,6,8,12H2,1-2H3,(H,23,26)/t19-/m1/s1. The number of aromatic nitrogens is 2. The lowest BCUT2D eigenvalue weighted by molar-refractivity contribution is 0.0923. The molecular formula is C22H23N3O2. The van der Waals surface area contributed by atoms with Crippen LogP contribution in [0.3, 0.4) is 0 Å². The third-order valence-electron chi connectivity index (χ3n) is 5.15. The second kappa shape index (κ2) is 7.27. The van der Waals surface area contributed by atoms with Gasteiger partial charge in [0.2, 0.25) is 0 Å². The van der Waals surface area contributed by atoms with Gasteiger partial charge in [-0.1, -0.05) is 36.4 Å². The van der Waals surface area contributed by atoms with Crippen molar-refractivity contribution >= 4 is 5.91 Å². The molecule has 5 heteroatoms. The first kappa shape index (κ1) is 17.3. The number of hydrogen-bond acceptors (Lipinski definition) is 3. The monoisotopic (exact) mass is 361 g/mol. The van der Waals surface area contributed by atoms with E-state index in [2.05, 4.69) is 28.6 Å². The summed E-state index contributed by atoms with van der Waals surface area (Å²) in [5, 5.41) is 7.71. The molecule has 138 valence electrons. The summed E-state index contributed by atoms with van der Waals surface area (Å²) in [7, 11) is 3.44. The molecule has 0 saturated carbocycles. The molecule has 1 aliphatic carbocycles. The van der Waals surface area contributed by atoms with E-state index in [1.807, 2.05) is 36.4 Å². The van der Waals surface area contributed by atoms with Gasteiger partial charge >= 0.3 is 0 Å². The first-order chi connectivity index (χ1) is 13.2. The Hall–Kier alpha value is -3.08. The summed E-state index contributed by atoms with van der Waals surface area (Å²) in [6.07, 6.45) is 3.12. The van der Waals surface area contributed by atoms with Gasteiger partial charge in [0.1, 0.15) is 11.4 Å². The van der Waals surface area contributed by atoms with Crippen LogP contribution in [0.25, 0.3) is 11.3 Å². The summed E-state index contributed by atoms with van der Waals surface area (Å²) in [5.41, 5.74) is 4.79. The summed E-state index contributed by atoms with van der Waals surface area (Å²) in [6, 6.07) is 17.9. The Morgan fingerprint density at radius 1 is 1.19 bits per heavy atom. The fraction of sp³-hybridized carbons (Fsp3) is 0.273. The molecule has 27 heavy (non-hydrogen) atoms. The van der Waals surface area contributed by atoms with Gasteiger partial charge in [-0.15, -0.1) is 0 Å². The number of benzene rings is 2. The van der Waals surface area contributed by atoms with Crippen LogP contribution in [0.2, 0.25) is 0 Å². The number of ether oxygens (including phenoxy) is 1. The Labute approximate surface area is 159 Å². The molecule has 1 N–H and O–H groups in total. The molecule has 0 aliphatic heterocycles. The largest absolute Gasteiger partial charge is 0.497 e. The molecule has 4 rings (SSSR count). The third-order valence-corrected chi connectivity index (χ3v) is 5.15. The quantitative estimate of drug-likeness (QED) is 0.767. The Morgan fingerprint density at radius 3 is 2.89 bits per heavy atom. The van der Waals surface area contributed by atoms with Crippen LogP contribution in [0, 0.1) is 0 Å². The number of methoxy groups -OCH3 is 1. The number of fused-ring (bicyclic) bond motifs is 1. The van der Waals surface area contributed by atoms with E-state index in [4.69, 9.17) is 4.74 Å². The van der Waals surface area contributed by atoms with Crippen molar-refractivity contribution in [3.8, 4) is 17.0 Å². The molecule has 0 radical (unpaired) electrons. The molecule has 0 saturated heterocycles. The molecule has 1 aliphatic rings. The minimum atomic E-state index is -0.0964. The highest BCUT2D eigenvalue weighted by molar-refractivity contribution is 5.94. The Bertz CT molecular complexity index is 977. The van der Waals surface area contributed by atoms with Gasteiger partial charge in [-0.3, -0.25) is 9.48 Å². The smallest absolute Gasteiger partial charge is 0.270 e. The zero-order valence-electron chi connectivity index (χ0n) is 15.6. The lowest BCUT2D eigenvalue weighted by atomic mass is 9.87. The van der Waals surface area contributed by atoms with Crippen molar-refractivity contribution in [1.82, 2.24) is 15.1 Å². The van der Waals surface area contributed by atoms with E-state index in [1.165, 1.54) is 11.1 Å². The predicted octanol–water partition coefficient (Wildman–Crippen LogP) is 3.90. The predicted molar refractivity (Wildman–Crippen MR) is 105 cm³/mol. The SMILES string of the molecule is COc1cccc(-c2cc(C(=O)N[C@@H]3CCCc4ccccc43)n(C)n2)c1. The normalized spacial score (nSPS) is 15.9. The van der Waals surface area contributed by atoms with E-state index in [0.29, 0.717) is 5.69 Å². The lowest BCUT2D eigenvalue weighted by Crippen LogP contribution is -2.32. The minimum absolute atomic E-state index is 0.0534. The van der Waals surface area contributed by atoms with Crippen LogP contribution in [0.5, 0.6) is 5.75 Å². The second-order valence-corrected chi connectivity index (χ2v) is 6.89. The van der Waals surface area contributed by atoms with Crippen molar-refractivity contribution in [3.05, 3.63) is 71.4 Å². The van der Waals surface area contributed by atoms with Crippen LogP contribution in [0.4, 0.5) is 0 Å². The van der Waals surface area contributed by atoms with Gasteiger partial charge in [-0.2, -0.15) is 5.10 Å². The molecule has 0 bridgehead atoms.